The van der Waals surface area contributed by atoms with Gasteiger partial charge in [-0.25, -0.2) is 0 Å². The summed E-state index contributed by atoms with van der Waals surface area (Å²) in [6, 6.07) is 75.9. The summed E-state index contributed by atoms with van der Waals surface area (Å²) in [5.41, 5.74) is 21.0. The fourth-order valence-electron chi connectivity index (χ4n) is 10.5. The molecule has 1 aromatic heterocycles. The molecule has 10 aromatic rings. The normalized spacial score (nSPS) is 13.1. The lowest BCUT2D eigenvalue weighted by atomic mass is 9.33. The van der Waals surface area contributed by atoms with Gasteiger partial charge >= 0.3 is 0 Å². The molecule has 9 aromatic carbocycles. The van der Waals surface area contributed by atoms with Gasteiger partial charge in [0, 0.05) is 62.0 Å². The molecule has 12 rings (SSSR count). The summed E-state index contributed by atoms with van der Waals surface area (Å²) in [6.07, 6.45) is 0. The van der Waals surface area contributed by atoms with E-state index in [9.17, 15) is 0 Å². The molecule has 0 bridgehead atoms. The summed E-state index contributed by atoms with van der Waals surface area (Å²) in [5.74, 6) is 0. The minimum absolute atomic E-state index is 0.00870. The average Bonchev–Trinajstić information content (AvgIpc) is 3.72. The molecule has 0 saturated carbocycles. The van der Waals surface area contributed by atoms with Gasteiger partial charge in [0.05, 0.1) is 0 Å². The summed E-state index contributed by atoms with van der Waals surface area (Å²) in [7, 11) is 0. The highest BCUT2D eigenvalue weighted by Gasteiger charge is 2.44. The molecule has 4 nitrogen and oxygen atoms in total. The Morgan fingerprint density at radius 1 is 0.388 bits per heavy atom. The zero-order chi connectivity index (χ0) is 45.6. The first-order valence-corrected chi connectivity index (χ1v) is 23.5. The molecule has 0 saturated heterocycles. The SMILES string of the molecule is CC(C)(C)c1ccc(N2c3cc(N(c4ccccc4)c4ccccc4)ccc3B3c4cc(C(C)(C)C)ccc4N(c4ccc(-c5ccc6c(c5)oc5ccccc56)cc4)c4cccc2c43)cc1. The predicted molar refractivity (Wildman–Crippen MR) is 285 cm³/mol. The molecule has 5 heteroatoms. The van der Waals surface area contributed by atoms with Crippen molar-refractivity contribution in [3.8, 4) is 11.1 Å². The Bertz CT molecular complexity index is 3450. The zero-order valence-corrected chi connectivity index (χ0v) is 39.0. The third-order valence-electron chi connectivity index (χ3n) is 14.0. The van der Waals surface area contributed by atoms with Crippen LogP contribution < -0.4 is 31.1 Å². The molecule has 0 spiro atoms. The van der Waals surface area contributed by atoms with E-state index in [0.29, 0.717) is 0 Å². The number of para-hydroxylation sites is 3. The Morgan fingerprint density at radius 2 is 0.955 bits per heavy atom. The third kappa shape index (κ3) is 6.83. The standard InChI is InChI=1S/C62H52BN3O/c1-61(2,3)43-27-32-48(33-28-43)66-56-22-15-21-55-60(56)63(52-36-34-49(40-57(52)66)64(45-16-9-7-10-17-45)46-18-11-8-12-19-46)53-39-44(62(4,5)6)29-37-54(53)65(55)47-30-24-41(25-31-47)42-26-35-51-50-20-13-14-23-58(50)67-59(51)38-42/h7-40H,1-6H3. The van der Waals surface area contributed by atoms with Crippen molar-refractivity contribution in [3.05, 3.63) is 217 Å². The van der Waals surface area contributed by atoms with Crippen molar-refractivity contribution in [1.29, 1.82) is 0 Å². The maximum atomic E-state index is 6.31. The van der Waals surface area contributed by atoms with Gasteiger partial charge in [-0.2, -0.15) is 0 Å². The quantitative estimate of drug-likeness (QED) is 0.155. The number of anilines is 9. The van der Waals surface area contributed by atoms with E-state index >= 15 is 0 Å². The lowest BCUT2D eigenvalue weighted by molar-refractivity contribution is 0.590. The highest BCUT2D eigenvalue weighted by Crippen LogP contribution is 2.47. The molecule has 2 aliphatic heterocycles. The van der Waals surface area contributed by atoms with E-state index in [0.717, 1.165) is 61.5 Å². The molecule has 0 N–H and O–H groups in total. The molecule has 0 radical (unpaired) electrons. The number of nitrogens with zero attached hydrogens (tertiary/aromatic N) is 3. The predicted octanol–water partition coefficient (Wildman–Crippen LogP) is 15.4. The van der Waals surface area contributed by atoms with Crippen molar-refractivity contribution < 1.29 is 4.42 Å². The third-order valence-corrected chi connectivity index (χ3v) is 14.0. The summed E-state index contributed by atoms with van der Waals surface area (Å²) < 4.78 is 6.31. The van der Waals surface area contributed by atoms with Gasteiger partial charge in [0.2, 0.25) is 0 Å². The fraction of sp³-hybridized carbons (Fsp3) is 0.129. The Hall–Kier alpha value is -7.76. The van der Waals surface area contributed by atoms with E-state index in [1.165, 1.54) is 50.3 Å². The van der Waals surface area contributed by atoms with Gasteiger partial charge in [-0.1, -0.05) is 151 Å². The largest absolute Gasteiger partial charge is 0.456 e. The number of benzene rings is 9. The Labute approximate surface area is 394 Å². The van der Waals surface area contributed by atoms with Crippen LogP contribution in [-0.4, -0.2) is 6.71 Å². The smallest absolute Gasteiger partial charge is 0.252 e. The van der Waals surface area contributed by atoms with Crippen molar-refractivity contribution in [3.63, 3.8) is 0 Å². The van der Waals surface area contributed by atoms with Gasteiger partial charge in [0.1, 0.15) is 11.2 Å². The molecule has 0 atom stereocenters. The average molecular weight is 866 g/mol. The monoisotopic (exact) mass is 865 g/mol. The van der Waals surface area contributed by atoms with Crippen LogP contribution in [0.25, 0.3) is 33.1 Å². The second-order valence-electron chi connectivity index (χ2n) is 20.2. The number of fused-ring (bicyclic) bond motifs is 7. The molecular formula is C62H52BN3O. The topological polar surface area (TPSA) is 22.9 Å². The van der Waals surface area contributed by atoms with Crippen LogP contribution in [0.1, 0.15) is 52.7 Å². The fourth-order valence-corrected chi connectivity index (χ4v) is 10.5. The lowest BCUT2D eigenvalue weighted by Crippen LogP contribution is -2.61. The van der Waals surface area contributed by atoms with Crippen LogP contribution in [0.3, 0.4) is 0 Å². The molecule has 67 heavy (non-hydrogen) atoms. The van der Waals surface area contributed by atoms with Gasteiger partial charge < -0.3 is 19.1 Å². The summed E-state index contributed by atoms with van der Waals surface area (Å²) in [6.45, 7) is 13.8. The molecule has 2 aliphatic rings. The van der Waals surface area contributed by atoms with Crippen LogP contribution in [-0.2, 0) is 10.8 Å². The van der Waals surface area contributed by atoms with Crippen LogP contribution in [0, 0.1) is 0 Å². The number of hydrogen-bond acceptors (Lipinski definition) is 4. The molecule has 0 amide bonds. The van der Waals surface area contributed by atoms with Crippen LogP contribution in [0.2, 0.25) is 0 Å². The molecule has 0 unspecified atom stereocenters. The number of furan rings is 1. The molecule has 0 aliphatic carbocycles. The summed E-state index contributed by atoms with van der Waals surface area (Å²) >= 11 is 0. The minimum atomic E-state index is -0.0453. The van der Waals surface area contributed by atoms with Gasteiger partial charge in [-0.3, -0.25) is 0 Å². The van der Waals surface area contributed by atoms with E-state index in [2.05, 4.69) is 250 Å². The van der Waals surface area contributed by atoms with Crippen LogP contribution in [0.4, 0.5) is 51.2 Å². The van der Waals surface area contributed by atoms with Crippen molar-refractivity contribution in [2.45, 2.75) is 52.4 Å². The molecule has 3 heterocycles. The highest BCUT2D eigenvalue weighted by atomic mass is 16.3. The Balaban J connectivity index is 1.05. The van der Waals surface area contributed by atoms with Crippen LogP contribution in [0.15, 0.2) is 211 Å². The van der Waals surface area contributed by atoms with Crippen LogP contribution in [0.5, 0.6) is 0 Å². The first-order valence-electron chi connectivity index (χ1n) is 23.5. The van der Waals surface area contributed by atoms with Gasteiger partial charge in [0.25, 0.3) is 6.71 Å². The van der Waals surface area contributed by atoms with Gasteiger partial charge in [0.15, 0.2) is 0 Å². The number of hydrogen-bond donors (Lipinski definition) is 0. The van der Waals surface area contributed by atoms with E-state index in [1.54, 1.807) is 0 Å². The number of rotatable bonds is 6. The second-order valence-corrected chi connectivity index (χ2v) is 20.2. The van der Waals surface area contributed by atoms with E-state index in [4.69, 9.17) is 4.42 Å². The van der Waals surface area contributed by atoms with Crippen molar-refractivity contribution in [1.82, 2.24) is 0 Å². The first kappa shape index (κ1) is 40.7. The second kappa shape index (κ2) is 15.4. The first-order chi connectivity index (χ1) is 32.5. The highest BCUT2D eigenvalue weighted by molar-refractivity contribution is 7.00. The van der Waals surface area contributed by atoms with E-state index in [-0.39, 0.29) is 17.5 Å². The summed E-state index contributed by atoms with van der Waals surface area (Å²) in [4.78, 5) is 7.39. The maximum absolute atomic E-state index is 6.31. The van der Waals surface area contributed by atoms with Gasteiger partial charge in [-0.15, -0.1) is 0 Å². The Morgan fingerprint density at radius 3 is 1.61 bits per heavy atom. The van der Waals surface area contributed by atoms with Crippen LogP contribution >= 0.6 is 0 Å². The van der Waals surface area contributed by atoms with Crippen molar-refractivity contribution >= 4 is 96.2 Å². The van der Waals surface area contributed by atoms with Crippen molar-refractivity contribution in [2.75, 3.05) is 14.7 Å². The van der Waals surface area contributed by atoms with E-state index in [1.807, 2.05) is 12.1 Å². The molecular weight excluding hydrogens is 814 g/mol. The molecule has 324 valence electrons. The Kier molecular flexibility index (Phi) is 9.38. The van der Waals surface area contributed by atoms with E-state index < -0.39 is 0 Å². The lowest BCUT2D eigenvalue weighted by Gasteiger charge is -2.44. The van der Waals surface area contributed by atoms with Gasteiger partial charge in [-0.05, 0) is 147 Å². The molecule has 0 fully saturated rings. The zero-order valence-electron chi connectivity index (χ0n) is 39.0. The minimum Gasteiger partial charge on any atom is -0.456 e. The van der Waals surface area contributed by atoms with Crippen molar-refractivity contribution in [2.24, 2.45) is 0 Å². The maximum Gasteiger partial charge on any atom is 0.252 e. The summed E-state index contributed by atoms with van der Waals surface area (Å²) in [5, 5.41) is 2.28.